The highest BCUT2D eigenvalue weighted by molar-refractivity contribution is 5.72. The molecule has 1 saturated heterocycles. The van der Waals surface area contributed by atoms with Crippen LogP contribution in [0.1, 0.15) is 56.8 Å². The van der Waals surface area contributed by atoms with Crippen LogP contribution in [-0.4, -0.2) is 38.6 Å². The lowest BCUT2D eigenvalue weighted by molar-refractivity contribution is -0.384. The lowest BCUT2D eigenvalue weighted by atomic mass is 9.86. The van der Waals surface area contributed by atoms with Gasteiger partial charge in [-0.25, -0.2) is 4.79 Å². The van der Waals surface area contributed by atoms with Crippen LogP contribution in [-0.2, 0) is 4.74 Å². The number of amides is 1. The minimum absolute atomic E-state index is 0.0123. The Morgan fingerprint density at radius 1 is 1.19 bits per heavy atom. The maximum absolute atomic E-state index is 12.8. The van der Waals surface area contributed by atoms with E-state index in [9.17, 15) is 14.9 Å². The van der Waals surface area contributed by atoms with E-state index in [0.717, 1.165) is 36.9 Å². The van der Waals surface area contributed by atoms with Crippen molar-refractivity contribution in [3.8, 4) is 0 Å². The number of aromatic nitrogens is 1. The average Bonchev–Trinajstić information content (AvgIpc) is 2.97. The third-order valence-corrected chi connectivity index (χ3v) is 6.28. The lowest BCUT2D eigenvalue weighted by Gasteiger charge is -2.38. The van der Waals surface area contributed by atoms with Crippen LogP contribution in [0.2, 0.25) is 0 Å². The fourth-order valence-electron chi connectivity index (χ4n) is 4.86. The van der Waals surface area contributed by atoms with E-state index in [0.29, 0.717) is 5.69 Å². The second-order valence-corrected chi connectivity index (χ2v) is 8.94. The molecular formula is C23H28N4O4. The smallest absolute Gasteiger partial charge is 0.411 e. The van der Waals surface area contributed by atoms with Gasteiger partial charge < -0.3 is 10.1 Å². The van der Waals surface area contributed by atoms with Crippen molar-refractivity contribution in [1.29, 1.82) is 0 Å². The van der Waals surface area contributed by atoms with Gasteiger partial charge in [-0.05, 0) is 58.1 Å². The van der Waals surface area contributed by atoms with Crippen molar-refractivity contribution >= 4 is 17.5 Å². The van der Waals surface area contributed by atoms with Gasteiger partial charge in [0.2, 0.25) is 0 Å². The number of nitro groups is 1. The molecule has 31 heavy (non-hydrogen) atoms. The molecule has 1 atom stereocenters. The minimum atomic E-state index is -0.608. The first-order chi connectivity index (χ1) is 14.8. The summed E-state index contributed by atoms with van der Waals surface area (Å²) in [7, 11) is 0. The molecule has 1 aromatic heterocycles. The predicted molar refractivity (Wildman–Crippen MR) is 117 cm³/mol. The van der Waals surface area contributed by atoms with E-state index in [1.54, 1.807) is 6.07 Å². The molecule has 1 amide bonds. The van der Waals surface area contributed by atoms with Gasteiger partial charge in [-0.2, -0.15) is 0 Å². The number of nitrogens with zero attached hydrogens (tertiary/aromatic N) is 3. The monoisotopic (exact) mass is 424 g/mol. The minimum Gasteiger partial charge on any atom is -0.441 e. The zero-order chi connectivity index (χ0) is 22.2. The molecule has 1 aliphatic heterocycles. The van der Waals surface area contributed by atoms with E-state index >= 15 is 0 Å². The molecule has 2 aliphatic rings. The molecule has 2 fully saturated rings. The third-order valence-electron chi connectivity index (χ3n) is 6.28. The lowest BCUT2D eigenvalue weighted by Crippen LogP contribution is -2.44. The summed E-state index contributed by atoms with van der Waals surface area (Å²) in [4.78, 5) is 29.7. The van der Waals surface area contributed by atoms with Crippen LogP contribution in [0.15, 0.2) is 42.6 Å². The Hall–Kier alpha value is -3.16. The fourth-order valence-corrected chi connectivity index (χ4v) is 4.86. The maximum atomic E-state index is 12.8. The van der Waals surface area contributed by atoms with Crippen molar-refractivity contribution < 1.29 is 14.5 Å². The highest BCUT2D eigenvalue weighted by atomic mass is 16.6. The van der Waals surface area contributed by atoms with Crippen molar-refractivity contribution in [3.63, 3.8) is 0 Å². The number of pyridine rings is 1. The van der Waals surface area contributed by atoms with Gasteiger partial charge in [-0.3, -0.25) is 20.0 Å². The standard InChI is InChI=1S/C23H28N4O4/c1-15-13-19(20(14-24-15)27(29)30)25-17-9-11-18(12-10-17)26-21(16-7-5-4-6-8-16)23(2,3)31-22(26)28/h4-8,13-14,17-18,21H,9-12H2,1-3H3,(H,24,25)/t17?,18?,21-/m0/s1. The predicted octanol–water partition coefficient (Wildman–Crippen LogP) is 4.99. The van der Waals surface area contributed by atoms with Gasteiger partial charge in [0, 0.05) is 17.8 Å². The van der Waals surface area contributed by atoms with Gasteiger partial charge in [0.1, 0.15) is 17.5 Å². The van der Waals surface area contributed by atoms with Gasteiger partial charge in [-0.1, -0.05) is 30.3 Å². The molecule has 0 unspecified atom stereocenters. The number of carbonyl (C=O) groups is 1. The summed E-state index contributed by atoms with van der Waals surface area (Å²) in [6, 6.07) is 11.8. The summed E-state index contributed by atoms with van der Waals surface area (Å²) in [5.41, 5.74) is 1.69. The number of carbonyl (C=O) groups excluding carboxylic acids is 1. The highest BCUT2D eigenvalue weighted by Crippen LogP contribution is 2.44. The number of nitrogens with one attached hydrogen (secondary N) is 1. The van der Waals surface area contributed by atoms with Gasteiger partial charge in [0.15, 0.2) is 0 Å². The molecule has 2 heterocycles. The third kappa shape index (κ3) is 4.19. The Kier molecular flexibility index (Phi) is 5.56. The van der Waals surface area contributed by atoms with Crippen molar-refractivity contribution in [2.24, 2.45) is 0 Å². The summed E-state index contributed by atoms with van der Waals surface area (Å²) in [6.07, 6.45) is 4.28. The fraction of sp³-hybridized carbons (Fsp3) is 0.478. The Bertz CT molecular complexity index is 971. The Labute approximate surface area is 181 Å². The number of hydrogen-bond acceptors (Lipinski definition) is 6. The number of benzene rings is 1. The molecule has 8 heteroatoms. The van der Waals surface area contributed by atoms with E-state index in [1.807, 2.05) is 56.0 Å². The molecule has 0 radical (unpaired) electrons. The Balaban J connectivity index is 1.48. The van der Waals surface area contributed by atoms with E-state index < -0.39 is 10.5 Å². The summed E-state index contributed by atoms with van der Waals surface area (Å²) >= 11 is 0. The number of ether oxygens (including phenoxy) is 1. The van der Waals surface area contributed by atoms with Crippen LogP contribution < -0.4 is 5.32 Å². The summed E-state index contributed by atoms with van der Waals surface area (Å²) < 4.78 is 5.75. The van der Waals surface area contributed by atoms with Crippen molar-refractivity contribution in [3.05, 3.63) is 64.0 Å². The van der Waals surface area contributed by atoms with Crippen LogP contribution in [0.25, 0.3) is 0 Å². The zero-order valence-electron chi connectivity index (χ0n) is 18.1. The van der Waals surface area contributed by atoms with E-state index in [4.69, 9.17) is 4.74 Å². The molecule has 2 aromatic rings. The van der Waals surface area contributed by atoms with Gasteiger partial charge >= 0.3 is 11.8 Å². The quantitative estimate of drug-likeness (QED) is 0.536. The molecule has 164 valence electrons. The average molecular weight is 425 g/mol. The normalized spacial score (nSPS) is 25.2. The van der Waals surface area contributed by atoms with Crippen LogP contribution in [0.5, 0.6) is 0 Å². The topological polar surface area (TPSA) is 97.6 Å². The first-order valence-corrected chi connectivity index (χ1v) is 10.7. The van der Waals surface area contributed by atoms with Crippen molar-refractivity contribution in [2.45, 2.75) is 70.2 Å². The molecule has 1 aliphatic carbocycles. The molecule has 1 saturated carbocycles. The van der Waals surface area contributed by atoms with E-state index in [2.05, 4.69) is 10.3 Å². The zero-order valence-corrected chi connectivity index (χ0v) is 18.1. The first-order valence-electron chi connectivity index (χ1n) is 10.7. The maximum Gasteiger partial charge on any atom is 0.411 e. The van der Waals surface area contributed by atoms with E-state index in [1.165, 1.54) is 6.20 Å². The number of aryl methyl sites for hydroxylation is 1. The van der Waals surface area contributed by atoms with Crippen molar-refractivity contribution in [2.75, 3.05) is 5.32 Å². The van der Waals surface area contributed by atoms with Crippen LogP contribution in [0, 0.1) is 17.0 Å². The van der Waals surface area contributed by atoms with Gasteiger partial charge in [0.25, 0.3) is 0 Å². The summed E-state index contributed by atoms with van der Waals surface area (Å²) in [5.74, 6) is 0. The number of anilines is 1. The first kappa shape index (κ1) is 21.1. The molecule has 4 rings (SSSR count). The van der Waals surface area contributed by atoms with Crippen LogP contribution >= 0.6 is 0 Å². The molecule has 1 aromatic carbocycles. The second-order valence-electron chi connectivity index (χ2n) is 8.94. The molecular weight excluding hydrogens is 396 g/mol. The molecule has 1 N–H and O–H groups in total. The Morgan fingerprint density at radius 2 is 1.87 bits per heavy atom. The van der Waals surface area contributed by atoms with Crippen molar-refractivity contribution in [1.82, 2.24) is 9.88 Å². The van der Waals surface area contributed by atoms with Gasteiger partial charge in [-0.15, -0.1) is 0 Å². The SMILES string of the molecule is Cc1cc(NC2CCC(N3C(=O)OC(C)(C)[C@@H]3c3ccccc3)CC2)c([N+](=O)[O-])cn1. The van der Waals surface area contributed by atoms with Gasteiger partial charge in [0.05, 0.1) is 11.0 Å². The summed E-state index contributed by atoms with van der Waals surface area (Å²) in [5, 5.41) is 14.7. The number of rotatable bonds is 5. The molecule has 8 nitrogen and oxygen atoms in total. The summed E-state index contributed by atoms with van der Waals surface area (Å²) in [6.45, 7) is 5.73. The highest BCUT2D eigenvalue weighted by Gasteiger charge is 2.51. The van der Waals surface area contributed by atoms with Crippen LogP contribution in [0.3, 0.4) is 0 Å². The molecule has 0 spiro atoms. The van der Waals surface area contributed by atoms with E-state index in [-0.39, 0.29) is 29.9 Å². The number of hydrogen-bond donors (Lipinski definition) is 1. The second kappa shape index (κ2) is 8.17. The Morgan fingerprint density at radius 3 is 2.52 bits per heavy atom. The van der Waals surface area contributed by atoms with Crippen LogP contribution in [0.4, 0.5) is 16.2 Å². The number of cyclic esters (lactones) is 1. The molecule has 0 bridgehead atoms. The largest absolute Gasteiger partial charge is 0.441 e.